The molecule has 0 bridgehead atoms. The Balaban J connectivity index is 0.000000640. The van der Waals surface area contributed by atoms with E-state index in [2.05, 4.69) is 19.1 Å². The predicted octanol–water partition coefficient (Wildman–Crippen LogP) is 2.05. The van der Waals surface area contributed by atoms with Crippen LogP contribution in [-0.2, 0) is 25.9 Å². The van der Waals surface area contributed by atoms with Crippen LogP contribution >= 0.6 is 0 Å². The fraction of sp³-hybridized carbons (Fsp3) is 0.250. The van der Waals surface area contributed by atoms with Gasteiger partial charge in [-0.3, -0.25) is 0 Å². The molecule has 0 N–H and O–H groups in total. The van der Waals surface area contributed by atoms with E-state index in [1.54, 1.807) is 0 Å². The second kappa shape index (κ2) is 4.70. The zero-order valence-electron chi connectivity index (χ0n) is 5.72. The summed E-state index contributed by atoms with van der Waals surface area (Å²) in [5, 5.41) is 0. The first-order chi connectivity index (χ1) is 3.93. The summed E-state index contributed by atoms with van der Waals surface area (Å²) in [4.78, 5) is 0. The van der Waals surface area contributed by atoms with E-state index in [-0.39, 0.29) is 19.5 Å². The second-order valence-electron chi connectivity index (χ2n) is 1.74. The Bertz CT molecular complexity index is 146. The summed E-state index contributed by atoms with van der Waals surface area (Å²) in [7, 11) is 0. The van der Waals surface area contributed by atoms with Gasteiger partial charge in [-0.05, 0) is 0 Å². The van der Waals surface area contributed by atoms with Gasteiger partial charge in [-0.2, -0.15) is 35.9 Å². The van der Waals surface area contributed by atoms with E-state index >= 15 is 0 Å². The molecule has 0 saturated carbocycles. The summed E-state index contributed by atoms with van der Waals surface area (Å²) in [6.07, 6.45) is 1.08. The van der Waals surface area contributed by atoms with Gasteiger partial charge in [-0.1, -0.05) is 13.3 Å². The molecule has 1 aromatic rings. The molecule has 0 aliphatic carbocycles. The Morgan fingerprint density at radius 2 is 2.22 bits per heavy atom. The van der Waals surface area contributed by atoms with Crippen LogP contribution in [0.25, 0.3) is 0 Å². The minimum atomic E-state index is 0. The standard InChI is InChI=1S/C8H9.Zn/c1-2-8-6-4-3-5-7-8;/h3-6H,2H2,1H3;/q-1;. The van der Waals surface area contributed by atoms with Gasteiger partial charge in [0.25, 0.3) is 0 Å². The van der Waals surface area contributed by atoms with Crippen LogP contribution in [-0.4, -0.2) is 0 Å². The number of hydrogen-bond donors (Lipinski definition) is 0. The predicted molar refractivity (Wildman–Crippen MR) is 34.7 cm³/mol. The summed E-state index contributed by atoms with van der Waals surface area (Å²) in [6, 6.07) is 11.2. The Hall–Kier alpha value is -0.157. The van der Waals surface area contributed by atoms with Crippen molar-refractivity contribution in [3.63, 3.8) is 0 Å². The minimum Gasteiger partial charge on any atom is -0.180 e. The van der Waals surface area contributed by atoms with Crippen molar-refractivity contribution in [3.05, 3.63) is 35.9 Å². The van der Waals surface area contributed by atoms with Gasteiger partial charge in [-0.25, -0.2) is 0 Å². The molecule has 1 heteroatoms. The van der Waals surface area contributed by atoms with E-state index < -0.39 is 0 Å². The molecule has 1 rings (SSSR count). The normalized spacial score (nSPS) is 8.11. The molecule has 0 nitrogen and oxygen atoms in total. The van der Waals surface area contributed by atoms with E-state index in [0.717, 1.165) is 6.42 Å². The van der Waals surface area contributed by atoms with Crippen LogP contribution in [0.2, 0.25) is 0 Å². The average Bonchev–Trinajstić information content (AvgIpc) is 1.90. The largest absolute Gasteiger partial charge is 0.180 e. The summed E-state index contributed by atoms with van der Waals surface area (Å²) < 4.78 is 0. The molecule has 0 aliphatic heterocycles. The first kappa shape index (κ1) is 8.84. The van der Waals surface area contributed by atoms with Gasteiger partial charge in [0.1, 0.15) is 0 Å². The molecule has 0 radical (unpaired) electrons. The van der Waals surface area contributed by atoms with E-state index in [1.807, 2.05) is 18.2 Å². The van der Waals surface area contributed by atoms with Crippen LogP contribution in [0.1, 0.15) is 12.5 Å². The Kier molecular flexibility index (Phi) is 4.62. The number of benzene rings is 1. The monoisotopic (exact) mass is 169 g/mol. The van der Waals surface area contributed by atoms with Crippen LogP contribution in [0, 0.1) is 6.07 Å². The fourth-order valence-corrected chi connectivity index (χ4v) is 0.650. The molecule has 1 aromatic carbocycles. The molecule has 0 aliphatic rings. The zero-order chi connectivity index (χ0) is 5.82. The third-order valence-corrected chi connectivity index (χ3v) is 1.15. The quantitative estimate of drug-likeness (QED) is 0.447. The molecule has 44 valence electrons. The molecule has 0 spiro atoms. The van der Waals surface area contributed by atoms with Crippen molar-refractivity contribution in [2.24, 2.45) is 0 Å². The Morgan fingerprint density at radius 3 is 2.56 bits per heavy atom. The van der Waals surface area contributed by atoms with Gasteiger partial charge in [-0.15, -0.1) is 0 Å². The molecule has 0 fully saturated rings. The van der Waals surface area contributed by atoms with Crippen LogP contribution < -0.4 is 0 Å². The smallest absolute Gasteiger partial charge is 0 e. The molecule has 0 saturated heterocycles. The van der Waals surface area contributed by atoms with Gasteiger partial charge in [0.2, 0.25) is 0 Å². The van der Waals surface area contributed by atoms with Crippen molar-refractivity contribution < 1.29 is 19.5 Å². The van der Waals surface area contributed by atoms with Gasteiger partial charge < -0.3 is 0 Å². The first-order valence-corrected chi connectivity index (χ1v) is 2.89. The van der Waals surface area contributed by atoms with E-state index in [1.165, 1.54) is 5.56 Å². The van der Waals surface area contributed by atoms with Crippen molar-refractivity contribution in [3.8, 4) is 0 Å². The molecular weight excluding hydrogens is 161 g/mol. The molecular formula is C8H9Zn-. The molecule has 0 aromatic heterocycles. The third kappa shape index (κ3) is 2.76. The van der Waals surface area contributed by atoms with Gasteiger partial charge in [0, 0.05) is 19.5 Å². The van der Waals surface area contributed by atoms with Gasteiger partial charge in [0.05, 0.1) is 0 Å². The number of hydrogen-bond acceptors (Lipinski definition) is 0. The summed E-state index contributed by atoms with van der Waals surface area (Å²) in [5.74, 6) is 0. The Morgan fingerprint density at radius 1 is 1.44 bits per heavy atom. The van der Waals surface area contributed by atoms with Crippen molar-refractivity contribution in [1.29, 1.82) is 0 Å². The molecule has 0 heterocycles. The van der Waals surface area contributed by atoms with Crippen molar-refractivity contribution >= 4 is 0 Å². The maximum Gasteiger partial charge on any atom is 0 e. The van der Waals surface area contributed by atoms with Gasteiger partial charge >= 0.3 is 0 Å². The maximum atomic E-state index is 3.12. The SMILES string of the molecule is CCc1[c-]cccc1.[Zn]. The van der Waals surface area contributed by atoms with Crippen LogP contribution in [0.15, 0.2) is 24.3 Å². The minimum absolute atomic E-state index is 0. The van der Waals surface area contributed by atoms with Crippen LogP contribution in [0.4, 0.5) is 0 Å². The number of aryl methyl sites for hydroxylation is 1. The second-order valence-corrected chi connectivity index (χ2v) is 1.74. The van der Waals surface area contributed by atoms with Crippen molar-refractivity contribution in [1.82, 2.24) is 0 Å². The number of rotatable bonds is 1. The van der Waals surface area contributed by atoms with Crippen LogP contribution in [0.3, 0.4) is 0 Å². The summed E-state index contributed by atoms with van der Waals surface area (Å²) >= 11 is 0. The summed E-state index contributed by atoms with van der Waals surface area (Å²) in [5.41, 5.74) is 1.28. The molecule has 0 amide bonds. The van der Waals surface area contributed by atoms with E-state index in [9.17, 15) is 0 Å². The van der Waals surface area contributed by atoms with Crippen molar-refractivity contribution in [2.75, 3.05) is 0 Å². The average molecular weight is 171 g/mol. The fourth-order valence-electron chi connectivity index (χ4n) is 0.650. The Labute approximate surface area is 69.0 Å². The van der Waals surface area contributed by atoms with Crippen LogP contribution in [0.5, 0.6) is 0 Å². The first-order valence-electron chi connectivity index (χ1n) is 2.89. The topological polar surface area (TPSA) is 0 Å². The molecule has 0 atom stereocenters. The zero-order valence-corrected chi connectivity index (χ0v) is 8.69. The van der Waals surface area contributed by atoms with E-state index in [4.69, 9.17) is 0 Å². The molecule has 9 heavy (non-hydrogen) atoms. The van der Waals surface area contributed by atoms with E-state index in [0.29, 0.717) is 0 Å². The van der Waals surface area contributed by atoms with Crippen molar-refractivity contribution in [2.45, 2.75) is 13.3 Å². The third-order valence-electron chi connectivity index (χ3n) is 1.15. The van der Waals surface area contributed by atoms with Gasteiger partial charge in [0.15, 0.2) is 0 Å². The maximum absolute atomic E-state index is 3.12. The summed E-state index contributed by atoms with van der Waals surface area (Å²) in [6.45, 7) is 2.13. The molecule has 0 unspecified atom stereocenters.